The van der Waals surface area contributed by atoms with Crippen LogP contribution in [0.4, 0.5) is 16.2 Å². The molecule has 0 aliphatic rings. The van der Waals surface area contributed by atoms with Gasteiger partial charge in [0.2, 0.25) is 0 Å². The minimum absolute atomic E-state index is 0.0808. The first-order chi connectivity index (χ1) is 11.5. The minimum atomic E-state index is -0.330. The molecule has 0 heterocycles. The van der Waals surface area contributed by atoms with Crippen molar-refractivity contribution in [3.63, 3.8) is 0 Å². The van der Waals surface area contributed by atoms with Crippen LogP contribution in [0.3, 0.4) is 0 Å². The largest absolute Gasteiger partial charge is 0.323 e. The number of carbonyl (C=O) groups is 2. The zero-order valence-electron chi connectivity index (χ0n) is 14.1. The summed E-state index contributed by atoms with van der Waals surface area (Å²) >= 11 is 0. The molecular formula is C18H22N4O2. The summed E-state index contributed by atoms with van der Waals surface area (Å²) in [7, 11) is 3.65. The molecule has 0 fully saturated rings. The van der Waals surface area contributed by atoms with E-state index >= 15 is 0 Å². The van der Waals surface area contributed by atoms with Crippen LogP contribution < -0.4 is 10.6 Å². The van der Waals surface area contributed by atoms with E-state index in [-0.39, 0.29) is 11.9 Å². The van der Waals surface area contributed by atoms with E-state index in [1.807, 2.05) is 51.4 Å². The second-order valence-electron chi connectivity index (χ2n) is 5.39. The number of anilines is 2. The molecule has 0 atom stereocenters. The lowest BCUT2D eigenvalue weighted by Crippen LogP contribution is -2.41. The molecular weight excluding hydrogens is 304 g/mol. The summed E-state index contributed by atoms with van der Waals surface area (Å²) in [6.07, 6.45) is 0. The predicted octanol–water partition coefficient (Wildman–Crippen LogP) is 3.27. The topological polar surface area (TPSA) is 64.7 Å². The molecule has 3 amide bonds. The van der Waals surface area contributed by atoms with Crippen LogP contribution in [0.25, 0.3) is 0 Å². The van der Waals surface area contributed by atoms with Crippen molar-refractivity contribution in [1.82, 2.24) is 10.0 Å². The van der Waals surface area contributed by atoms with Gasteiger partial charge in [-0.2, -0.15) is 0 Å². The van der Waals surface area contributed by atoms with Gasteiger partial charge in [-0.25, -0.2) is 9.80 Å². The first-order valence-electron chi connectivity index (χ1n) is 7.73. The molecule has 24 heavy (non-hydrogen) atoms. The monoisotopic (exact) mass is 326 g/mol. The number of hydrazine groups is 1. The Kier molecular flexibility index (Phi) is 5.92. The van der Waals surface area contributed by atoms with Crippen LogP contribution in [0, 0.1) is 0 Å². The summed E-state index contributed by atoms with van der Waals surface area (Å²) in [6.45, 7) is 2.51. The fourth-order valence-corrected chi connectivity index (χ4v) is 2.27. The van der Waals surface area contributed by atoms with Gasteiger partial charge >= 0.3 is 6.03 Å². The van der Waals surface area contributed by atoms with Crippen LogP contribution in [-0.2, 0) is 0 Å². The van der Waals surface area contributed by atoms with Crippen molar-refractivity contribution in [3.05, 3.63) is 60.2 Å². The van der Waals surface area contributed by atoms with Crippen molar-refractivity contribution in [2.75, 3.05) is 31.3 Å². The highest BCUT2D eigenvalue weighted by atomic mass is 16.2. The maximum absolute atomic E-state index is 12.4. The maximum Gasteiger partial charge on any atom is 0.323 e. The predicted molar refractivity (Wildman–Crippen MR) is 95.9 cm³/mol. The van der Waals surface area contributed by atoms with Gasteiger partial charge in [0.1, 0.15) is 0 Å². The Bertz CT molecular complexity index is 684. The van der Waals surface area contributed by atoms with Gasteiger partial charge in [-0.1, -0.05) is 18.2 Å². The van der Waals surface area contributed by atoms with Gasteiger partial charge < -0.3 is 10.6 Å². The third-order valence-corrected chi connectivity index (χ3v) is 3.44. The van der Waals surface area contributed by atoms with Crippen LogP contribution in [0.1, 0.15) is 17.3 Å². The minimum Gasteiger partial charge on any atom is -0.308 e. The Morgan fingerprint density at radius 2 is 1.42 bits per heavy atom. The van der Waals surface area contributed by atoms with Crippen LogP contribution in [0.5, 0.6) is 0 Å². The van der Waals surface area contributed by atoms with Gasteiger partial charge in [0.15, 0.2) is 0 Å². The molecule has 6 nitrogen and oxygen atoms in total. The smallest absolute Gasteiger partial charge is 0.308 e. The number of hydrogen-bond donors (Lipinski definition) is 2. The molecule has 0 aromatic heterocycles. The van der Waals surface area contributed by atoms with Crippen molar-refractivity contribution >= 4 is 23.3 Å². The molecule has 126 valence electrons. The number of urea groups is 1. The van der Waals surface area contributed by atoms with Crippen molar-refractivity contribution < 1.29 is 9.59 Å². The number of para-hydroxylation sites is 1. The molecule has 0 radical (unpaired) electrons. The number of nitrogens with one attached hydrogen (secondary N) is 2. The summed E-state index contributed by atoms with van der Waals surface area (Å²) in [4.78, 5) is 24.3. The third-order valence-electron chi connectivity index (χ3n) is 3.44. The lowest BCUT2D eigenvalue weighted by atomic mass is 10.2. The Balaban J connectivity index is 1.99. The standard InChI is InChI=1S/C18H22N4O2/c1-4-22(21(2)3)17(23)14-10-12-16(13-11-14)20-18(24)19-15-8-6-5-7-9-15/h5-13H,4H2,1-3H3,(H2,19,20,24). The Morgan fingerprint density at radius 1 is 0.875 bits per heavy atom. The summed E-state index contributed by atoms with van der Waals surface area (Å²) < 4.78 is 0. The molecule has 0 saturated heterocycles. The van der Waals surface area contributed by atoms with Gasteiger partial charge in [-0.3, -0.25) is 9.80 Å². The van der Waals surface area contributed by atoms with Gasteiger partial charge in [-0.15, -0.1) is 0 Å². The maximum atomic E-state index is 12.4. The Hall–Kier alpha value is -2.86. The van der Waals surface area contributed by atoms with Crippen molar-refractivity contribution in [1.29, 1.82) is 0 Å². The van der Waals surface area contributed by atoms with Crippen LogP contribution in [-0.4, -0.2) is 42.6 Å². The number of hydrogen-bond acceptors (Lipinski definition) is 3. The van der Waals surface area contributed by atoms with E-state index in [0.29, 0.717) is 23.5 Å². The molecule has 2 aromatic carbocycles. The molecule has 0 aliphatic heterocycles. The van der Waals surface area contributed by atoms with Crippen molar-refractivity contribution in [2.24, 2.45) is 0 Å². The molecule has 0 bridgehead atoms. The van der Waals surface area contributed by atoms with E-state index in [9.17, 15) is 9.59 Å². The van der Waals surface area contributed by atoms with E-state index in [2.05, 4.69) is 10.6 Å². The lowest BCUT2D eigenvalue weighted by Gasteiger charge is -2.27. The first-order valence-corrected chi connectivity index (χ1v) is 7.73. The van der Waals surface area contributed by atoms with Gasteiger partial charge in [0.05, 0.1) is 0 Å². The van der Waals surface area contributed by atoms with Crippen molar-refractivity contribution in [3.8, 4) is 0 Å². The quantitative estimate of drug-likeness (QED) is 0.829. The summed E-state index contributed by atoms with van der Waals surface area (Å²) in [6, 6.07) is 15.7. The molecule has 2 rings (SSSR count). The molecule has 0 aliphatic carbocycles. The molecule has 6 heteroatoms. The van der Waals surface area contributed by atoms with E-state index in [1.54, 1.807) is 34.3 Å². The molecule has 2 aromatic rings. The second-order valence-corrected chi connectivity index (χ2v) is 5.39. The molecule has 0 spiro atoms. The van der Waals surface area contributed by atoms with Gasteiger partial charge in [0, 0.05) is 37.6 Å². The number of nitrogens with zero attached hydrogens (tertiary/aromatic N) is 2. The van der Waals surface area contributed by atoms with Gasteiger partial charge in [-0.05, 0) is 43.3 Å². The van der Waals surface area contributed by atoms with Crippen LogP contribution in [0.15, 0.2) is 54.6 Å². The van der Waals surface area contributed by atoms with E-state index in [4.69, 9.17) is 0 Å². The number of rotatable bonds is 5. The number of carbonyl (C=O) groups excluding carboxylic acids is 2. The Morgan fingerprint density at radius 3 is 1.92 bits per heavy atom. The average molecular weight is 326 g/mol. The Labute approximate surface area is 142 Å². The SMILES string of the molecule is CCN(C(=O)c1ccc(NC(=O)Nc2ccccc2)cc1)N(C)C. The zero-order valence-corrected chi connectivity index (χ0v) is 14.1. The normalized spacial score (nSPS) is 10.3. The second kappa shape index (κ2) is 8.12. The van der Waals surface area contributed by atoms with Gasteiger partial charge in [0.25, 0.3) is 5.91 Å². The van der Waals surface area contributed by atoms with E-state index in [0.717, 1.165) is 0 Å². The average Bonchev–Trinajstić information content (AvgIpc) is 2.56. The highest BCUT2D eigenvalue weighted by molar-refractivity contribution is 6.00. The fourth-order valence-electron chi connectivity index (χ4n) is 2.27. The number of benzene rings is 2. The highest BCUT2D eigenvalue weighted by Gasteiger charge is 2.15. The highest BCUT2D eigenvalue weighted by Crippen LogP contribution is 2.13. The number of amides is 3. The summed E-state index contributed by atoms with van der Waals surface area (Å²) in [5.74, 6) is -0.0808. The zero-order chi connectivity index (χ0) is 17.5. The van der Waals surface area contributed by atoms with Crippen molar-refractivity contribution in [2.45, 2.75) is 6.92 Å². The van der Waals surface area contributed by atoms with E-state index < -0.39 is 0 Å². The molecule has 0 saturated carbocycles. The van der Waals surface area contributed by atoms with E-state index in [1.165, 1.54) is 0 Å². The molecule has 0 unspecified atom stereocenters. The first kappa shape index (κ1) is 17.5. The third kappa shape index (κ3) is 4.57. The van der Waals surface area contributed by atoms with Crippen LogP contribution >= 0.6 is 0 Å². The summed E-state index contributed by atoms with van der Waals surface area (Å²) in [5.41, 5.74) is 1.90. The van der Waals surface area contributed by atoms with Crippen LogP contribution in [0.2, 0.25) is 0 Å². The molecule has 2 N–H and O–H groups in total. The lowest BCUT2D eigenvalue weighted by molar-refractivity contribution is 0.0230. The fraction of sp³-hybridized carbons (Fsp3) is 0.222. The summed E-state index contributed by atoms with van der Waals surface area (Å²) in [5, 5.41) is 8.86.